The Morgan fingerprint density at radius 1 is 0.938 bits per heavy atom. The Hall–Kier alpha value is -2.76. The fourth-order valence-electron chi connectivity index (χ4n) is 2.56. The van der Waals surface area contributed by atoms with Gasteiger partial charge in [0.2, 0.25) is 17.7 Å². The van der Waals surface area contributed by atoms with Gasteiger partial charge in [0.1, 0.15) is 11.4 Å². The number of anilines is 1. The lowest BCUT2D eigenvalue weighted by Crippen LogP contribution is -2.57. The average molecular weight is 489 g/mol. The lowest BCUT2D eigenvalue weighted by molar-refractivity contribution is -0.406. The molecule has 0 fully saturated rings. The van der Waals surface area contributed by atoms with Gasteiger partial charge in [-0.1, -0.05) is 11.6 Å². The second-order valence-corrected chi connectivity index (χ2v) is 7.18. The summed E-state index contributed by atoms with van der Waals surface area (Å²) in [5.41, 5.74) is 0.349. The van der Waals surface area contributed by atoms with Gasteiger partial charge in [0.05, 0.1) is 0 Å². The first-order chi connectivity index (χ1) is 14.5. The average Bonchev–Trinajstić information content (AvgIpc) is 2.60. The maximum atomic E-state index is 14.2. The molecule has 13 heteroatoms. The molecule has 2 rings (SSSR count). The molecule has 0 atom stereocenters. The molecule has 0 bridgehead atoms. The topological polar surface area (TPSA) is 60.5 Å². The number of carbonyl (C=O) groups is 1. The van der Waals surface area contributed by atoms with E-state index in [1.165, 1.54) is 19.1 Å². The molecule has 1 aromatic heterocycles. The maximum Gasteiger partial charge on any atom is 0.470 e. The summed E-state index contributed by atoms with van der Waals surface area (Å²) in [6.45, 7) is 5.42. The van der Waals surface area contributed by atoms with Gasteiger partial charge in [0.25, 0.3) is 0 Å². The van der Waals surface area contributed by atoms with Gasteiger partial charge in [-0.05, 0) is 49.6 Å². The smallest absolute Gasteiger partial charge is 0.439 e. The van der Waals surface area contributed by atoms with E-state index in [1.54, 1.807) is 13.8 Å². The number of carbonyl (C=O) groups excluding carboxylic acids is 1. The zero-order chi connectivity index (χ0) is 24.6. The minimum Gasteiger partial charge on any atom is -0.439 e. The van der Waals surface area contributed by atoms with Gasteiger partial charge in [-0.2, -0.15) is 35.7 Å². The molecule has 0 saturated carbocycles. The van der Waals surface area contributed by atoms with Crippen molar-refractivity contribution in [1.29, 1.82) is 0 Å². The van der Waals surface area contributed by atoms with Crippen LogP contribution in [-0.2, 0) is 4.79 Å². The van der Waals surface area contributed by atoms with Crippen molar-refractivity contribution in [2.75, 3.05) is 5.32 Å². The third-order valence-electron chi connectivity index (χ3n) is 4.06. The molecule has 0 saturated heterocycles. The van der Waals surface area contributed by atoms with Gasteiger partial charge in [0.15, 0.2) is 0 Å². The molecule has 0 aliphatic heterocycles. The molecule has 0 radical (unpaired) electrons. The molecular formula is C19H16ClF7N2O3. The van der Waals surface area contributed by atoms with E-state index in [0.717, 1.165) is 13.0 Å². The lowest BCUT2D eigenvalue weighted by Gasteiger charge is -2.30. The molecule has 1 heterocycles. The summed E-state index contributed by atoms with van der Waals surface area (Å²) in [5.74, 6) is -8.86. The third-order valence-corrected chi connectivity index (χ3v) is 4.66. The Kier molecular flexibility index (Phi) is 6.89. The predicted octanol–water partition coefficient (Wildman–Crippen LogP) is 6.58. The minimum atomic E-state index is -6.50. The standard InChI is InChI=1S/C19H16ClF7N2O3/c1-8-5-12(6-9(2)14(8)20)31-13-7-10(3)15(28-11(4)30)16(29-13)32-17(21,18(22,23)24)19(25,26)27/h5-7H,1-4H3,(H,28,30). The normalized spacial score (nSPS) is 12.5. The van der Waals surface area contributed by atoms with Gasteiger partial charge in [-0.25, -0.2) is 0 Å². The van der Waals surface area contributed by atoms with Crippen LogP contribution in [0.5, 0.6) is 17.5 Å². The van der Waals surface area contributed by atoms with E-state index < -0.39 is 41.6 Å². The fraction of sp³-hybridized carbons (Fsp3) is 0.368. The highest BCUT2D eigenvalue weighted by Gasteiger charge is 2.76. The van der Waals surface area contributed by atoms with E-state index in [9.17, 15) is 35.5 Å². The number of ether oxygens (including phenoxy) is 2. The zero-order valence-electron chi connectivity index (χ0n) is 16.9. The van der Waals surface area contributed by atoms with Crippen LogP contribution in [0.4, 0.5) is 36.4 Å². The summed E-state index contributed by atoms with van der Waals surface area (Å²) >= 11 is 6.04. The number of amides is 1. The number of rotatable bonds is 5. The van der Waals surface area contributed by atoms with Gasteiger partial charge in [0, 0.05) is 18.0 Å². The van der Waals surface area contributed by atoms with Crippen LogP contribution >= 0.6 is 11.6 Å². The van der Waals surface area contributed by atoms with E-state index in [0.29, 0.717) is 16.1 Å². The first kappa shape index (κ1) is 25.5. The molecule has 0 spiro atoms. The number of alkyl halides is 7. The molecule has 1 N–H and O–H groups in total. The molecule has 0 unspecified atom stereocenters. The molecular weight excluding hydrogens is 473 g/mol. The van der Waals surface area contributed by atoms with Crippen molar-refractivity contribution in [3.63, 3.8) is 0 Å². The highest BCUT2D eigenvalue weighted by molar-refractivity contribution is 6.32. The van der Waals surface area contributed by atoms with Crippen LogP contribution in [0.2, 0.25) is 5.02 Å². The van der Waals surface area contributed by atoms with Crippen molar-refractivity contribution in [3.05, 3.63) is 39.9 Å². The quantitative estimate of drug-likeness (QED) is 0.483. The molecule has 176 valence electrons. The van der Waals surface area contributed by atoms with Gasteiger partial charge in [-0.15, -0.1) is 0 Å². The molecule has 0 aliphatic carbocycles. The van der Waals surface area contributed by atoms with Crippen molar-refractivity contribution in [2.45, 2.75) is 45.9 Å². The number of nitrogens with zero attached hydrogens (tertiary/aromatic N) is 1. The lowest BCUT2D eigenvalue weighted by atomic mass is 10.1. The summed E-state index contributed by atoms with van der Waals surface area (Å²) in [4.78, 5) is 14.8. The third kappa shape index (κ3) is 5.17. The first-order valence-corrected chi connectivity index (χ1v) is 9.09. The minimum absolute atomic E-state index is 0.102. The summed E-state index contributed by atoms with van der Waals surface area (Å²) < 4.78 is 101. The number of benzene rings is 1. The van der Waals surface area contributed by atoms with Crippen LogP contribution in [0.1, 0.15) is 23.6 Å². The van der Waals surface area contributed by atoms with E-state index in [1.807, 2.05) is 5.32 Å². The summed E-state index contributed by atoms with van der Waals surface area (Å²) in [7, 11) is 0. The fourth-order valence-corrected chi connectivity index (χ4v) is 2.67. The van der Waals surface area contributed by atoms with Gasteiger partial charge >= 0.3 is 18.2 Å². The Labute approximate surface area is 182 Å². The van der Waals surface area contributed by atoms with Crippen LogP contribution < -0.4 is 14.8 Å². The second kappa shape index (κ2) is 8.64. The van der Waals surface area contributed by atoms with Crippen molar-refractivity contribution in [1.82, 2.24) is 4.98 Å². The molecule has 1 aromatic carbocycles. The van der Waals surface area contributed by atoms with Crippen molar-refractivity contribution < 1.29 is 45.0 Å². The predicted molar refractivity (Wildman–Crippen MR) is 101 cm³/mol. The van der Waals surface area contributed by atoms with Crippen LogP contribution in [0.15, 0.2) is 18.2 Å². The Balaban J connectivity index is 2.62. The van der Waals surface area contributed by atoms with E-state index in [2.05, 4.69) is 9.72 Å². The maximum absolute atomic E-state index is 14.2. The number of aromatic nitrogens is 1. The molecule has 2 aromatic rings. The summed E-state index contributed by atoms with van der Waals surface area (Å²) in [5, 5.41) is 2.40. The second-order valence-electron chi connectivity index (χ2n) is 6.80. The molecule has 32 heavy (non-hydrogen) atoms. The number of hydrogen-bond donors (Lipinski definition) is 1. The summed E-state index contributed by atoms with van der Waals surface area (Å²) in [6.07, 6.45) is -13.0. The highest BCUT2D eigenvalue weighted by atomic mass is 35.5. The van der Waals surface area contributed by atoms with Crippen LogP contribution in [0.3, 0.4) is 0 Å². The number of aryl methyl sites for hydroxylation is 3. The van der Waals surface area contributed by atoms with Crippen LogP contribution in [0.25, 0.3) is 0 Å². The molecule has 0 aliphatic rings. The van der Waals surface area contributed by atoms with Gasteiger partial charge in [-0.3, -0.25) is 4.79 Å². The number of hydrogen-bond acceptors (Lipinski definition) is 4. The molecule has 1 amide bonds. The van der Waals surface area contributed by atoms with Gasteiger partial charge < -0.3 is 14.8 Å². The van der Waals surface area contributed by atoms with Crippen LogP contribution in [-0.4, -0.2) is 29.1 Å². The Morgan fingerprint density at radius 3 is 1.88 bits per heavy atom. The van der Waals surface area contributed by atoms with Crippen molar-refractivity contribution in [3.8, 4) is 17.5 Å². The Bertz CT molecular complexity index is 1000. The largest absolute Gasteiger partial charge is 0.470 e. The molecule has 5 nitrogen and oxygen atoms in total. The Morgan fingerprint density at radius 2 is 1.44 bits per heavy atom. The van der Waals surface area contributed by atoms with E-state index in [-0.39, 0.29) is 11.3 Å². The van der Waals surface area contributed by atoms with Crippen molar-refractivity contribution in [2.24, 2.45) is 0 Å². The number of pyridine rings is 1. The number of nitrogens with one attached hydrogen (secondary N) is 1. The number of halogens is 8. The highest BCUT2D eigenvalue weighted by Crippen LogP contribution is 2.48. The monoisotopic (exact) mass is 488 g/mol. The van der Waals surface area contributed by atoms with Crippen molar-refractivity contribution >= 4 is 23.2 Å². The summed E-state index contributed by atoms with van der Waals surface area (Å²) in [6, 6.07) is 4.00. The van der Waals surface area contributed by atoms with E-state index in [4.69, 9.17) is 16.3 Å². The first-order valence-electron chi connectivity index (χ1n) is 8.71. The zero-order valence-corrected chi connectivity index (χ0v) is 17.7. The van der Waals surface area contributed by atoms with E-state index >= 15 is 0 Å². The van der Waals surface area contributed by atoms with Crippen LogP contribution in [0, 0.1) is 20.8 Å². The SMILES string of the molecule is CC(=O)Nc1c(C)cc(Oc2cc(C)c(Cl)c(C)c2)nc1OC(F)(C(F)(F)F)C(F)(F)F.